The van der Waals surface area contributed by atoms with Crippen LogP contribution in [-0.2, 0) is 0 Å². The number of rotatable bonds is 4. The molecule has 0 unspecified atom stereocenters. The van der Waals surface area contributed by atoms with Crippen LogP contribution in [-0.4, -0.2) is 21.0 Å². The van der Waals surface area contributed by atoms with Gasteiger partial charge in [-0.05, 0) is 37.1 Å². The summed E-state index contributed by atoms with van der Waals surface area (Å²) >= 11 is 1.61. The summed E-state index contributed by atoms with van der Waals surface area (Å²) in [5.74, 6) is 0.0921. The van der Waals surface area contributed by atoms with Gasteiger partial charge in [-0.15, -0.1) is 11.3 Å². The smallest absolute Gasteiger partial charge is 0.335 e. The molecule has 2 aromatic heterocycles. The highest BCUT2D eigenvalue weighted by Gasteiger charge is 2.27. The number of oxazole rings is 1. The van der Waals surface area contributed by atoms with Gasteiger partial charge in [0.1, 0.15) is 5.52 Å². The van der Waals surface area contributed by atoms with Gasteiger partial charge in [0.25, 0.3) is 0 Å². The van der Waals surface area contributed by atoms with E-state index < -0.39 is 5.97 Å². The Bertz CT molecular complexity index is 890. The van der Waals surface area contributed by atoms with Crippen LogP contribution in [0, 0.1) is 0 Å². The van der Waals surface area contributed by atoms with Crippen molar-refractivity contribution >= 4 is 40.6 Å². The minimum absolute atomic E-state index is 0.192. The lowest BCUT2D eigenvalue weighted by atomic mass is 10.2. The number of aromatic carboxylic acids is 1. The quantitative estimate of drug-likeness (QED) is 0.787. The van der Waals surface area contributed by atoms with E-state index in [1.807, 2.05) is 11.6 Å². The molecular formula is C16H12N2O3S. The van der Waals surface area contributed by atoms with Crippen LogP contribution in [0.25, 0.3) is 23.3 Å². The fourth-order valence-corrected chi connectivity index (χ4v) is 3.11. The highest BCUT2D eigenvalue weighted by atomic mass is 32.1. The molecule has 0 amide bonds. The van der Waals surface area contributed by atoms with Crippen LogP contribution in [0.1, 0.15) is 45.6 Å². The monoisotopic (exact) mass is 312 g/mol. The second-order valence-electron chi connectivity index (χ2n) is 5.25. The first-order valence-corrected chi connectivity index (χ1v) is 7.84. The summed E-state index contributed by atoms with van der Waals surface area (Å²) < 4.78 is 5.60. The fourth-order valence-electron chi connectivity index (χ4n) is 2.35. The predicted molar refractivity (Wildman–Crippen MR) is 84.0 cm³/mol. The summed E-state index contributed by atoms with van der Waals surface area (Å²) in [6.45, 7) is 0. The normalized spacial score (nSPS) is 14.9. The Hall–Kier alpha value is -2.47. The lowest BCUT2D eigenvalue weighted by Gasteiger charge is -1.92. The van der Waals surface area contributed by atoms with Crippen LogP contribution in [0.2, 0.25) is 0 Å². The minimum Gasteiger partial charge on any atom is -0.478 e. The van der Waals surface area contributed by atoms with Gasteiger partial charge >= 0.3 is 5.97 Å². The van der Waals surface area contributed by atoms with E-state index in [-0.39, 0.29) is 5.56 Å². The molecule has 4 rings (SSSR count). The fraction of sp³-hybridized carbons (Fsp3) is 0.188. The Morgan fingerprint density at radius 2 is 2.23 bits per heavy atom. The number of benzene rings is 1. The standard InChI is InChI=1S/C16H12N2O3S/c19-16(20)10-3-4-11-12(7-10)21-14(18-11)6-5-13-15(9-1-2-9)17-8-22-13/h3-9H,1-2H2,(H,19,20)/b6-5+. The molecule has 1 aliphatic carbocycles. The molecule has 110 valence electrons. The third-order valence-electron chi connectivity index (χ3n) is 3.62. The largest absolute Gasteiger partial charge is 0.478 e. The Balaban J connectivity index is 1.64. The summed E-state index contributed by atoms with van der Waals surface area (Å²) in [5, 5.41) is 8.99. The van der Waals surface area contributed by atoms with Gasteiger partial charge in [-0.3, -0.25) is 0 Å². The molecule has 2 heterocycles. The SMILES string of the molecule is O=C(O)c1ccc2nc(/C=C/c3scnc3C3CC3)oc2c1. The van der Waals surface area contributed by atoms with E-state index in [0.717, 1.165) is 10.6 Å². The lowest BCUT2D eigenvalue weighted by Crippen LogP contribution is -1.94. The molecular weight excluding hydrogens is 300 g/mol. The molecule has 1 fully saturated rings. The van der Waals surface area contributed by atoms with E-state index in [2.05, 4.69) is 9.97 Å². The van der Waals surface area contributed by atoms with Crippen molar-refractivity contribution in [3.05, 3.63) is 45.7 Å². The first-order valence-electron chi connectivity index (χ1n) is 6.96. The number of carboxylic acids is 1. The number of aromatic nitrogens is 2. The van der Waals surface area contributed by atoms with Crippen LogP contribution >= 0.6 is 11.3 Å². The third-order valence-corrected chi connectivity index (χ3v) is 4.43. The molecule has 3 aromatic rings. The summed E-state index contributed by atoms with van der Waals surface area (Å²) in [5.41, 5.74) is 4.34. The number of hydrogen-bond donors (Lipinski definition) is 1. The maximum absolute atomic E-state index is 11.0. The molecule has 0 radical (unpaired) electrons. The predicted octanol–water partition coefficient (Wildman–Crippen LogP) is 4.03. The van der Waals surface area contributed by atoms with E-state index in [1.165, 1.54) is 25.0 Å². The van der Waals surface area contributed by atoms with E-state index in [1.54, 1.807) is 23.5 Å². The number of carbonyl (C=O) groups is 1. The molecule has 1 aliphatic rings. The van der Waals surface area contributed by atoms with Crippen molar-refractivity contribution in [3.8, 4) is 0 Å². The van der Waals surface area contributed by atoms with Gasteiger partial charge in [-0.1, -0.05) is 0 Å². The summed E-state index contributed by atoms with van der Waals surface area (Å²) in [6, 6.07) is 4.67. The van der Waals surface area contributed by atoms with Gasteiger partial charge in [-0.2, -0.15) is 0 Å². The third kappa shape index (κ3) is 2.42. The van der Waals surface area contributed by atoms with Crippen molar-refractivity contribution in [2.45, 2.75) is 18.8 Å². The van der Waals surface area contributed by atoms with Crippen LogP contribution in [0.4, 0.5) is 0 Å². The van der Waals surface area contributed by atoms with Crippen LogP contribution in [0.3, 0.4) is 0 Å². The maximum Gasteiger partial charge on any atom is 0.335 e. The van der Waals surface area contributed by atoms with Crippen molar-refractivity contribution < 1.29 is 14.3 Å². The molecule has 1 saturated carbocycles. The van der Waals surface area contributed by atoms with Gasteiger partial charge in [0.15, 0.2) is 5.58 Å². The van der Waals surface area contributed by atoms with Crippen molar-refractivity contribution in [1.29, 1.82) is 0 Å². The molecule has 0 bridgehead atoms. The zero-order valence-electron chi connectivity index (χ0n) is 11.5. The first-order chi connectivity index (χ1) is 10.7. The number of thiazole rings is 1. The summed E-state index contributed by atoms with van der Waals surface area (Å²) in [7, 11) is 0. The number of hydrogen-bond acceptors (Lipinski definition) is 5. The summed E-state index contributed by atoms with van der Waals surface area (Å²) in [6.07, 6.45) is 6.20. The minimum atomic E-state index is -0.978. The zero-order chi connectivity index (χ0) is 15.1. The Kier molecular flexibility index (Phi) is 3.04. The van der Waals surface area contributed by atoms with Crippen molar-refractivity contribution in [2.75, 3.05) is 0 Å². The number of nitrogens with zero attached hydrogens (tertiary/aromatic N) is 2. The molecule has 1 N–H and O–H groups in total. The van der Waals surface area contributed by atoms with Crippen molar-refractivity contribution in [1.82, 2.24) is 9.97 Å². The molecule has 0 spiro atoms. The Morgan fingerprint density at radius 3 is 3.00 bits per heavy atom. The average Bonchev–Trinajstić information content (AvgIpc) is 3.10. The van der Waals surface area contributed by atoms with E-state index in [0.29, 0.717) is 22.9 Å². The molecule has 22 heavy (non-hydrogen) atoms. The molecule has 1 aromatic carbocycles. The van der Waals surface area contributed by atoms with Crippen molar-refractivity contribution in [3.63, 3.8) is 0 Å². The highest BCUT2D eigenvalue weighted by molar-refractivity contribution is 7.10. The number of fused-ring (bicyclic) bond motifs is 1. The molecule has 0 saturated heterocycles. The van der Waals surface area contributed by atoms with Gasteiger partial charge in [0.2, 0.25) is 5.89 Å². The molecule has 5 nitrogen and oxygen atoms in total. The zero-order valence-corrected chi connectivity index (χ0v) is 12.3. The summed E-state index contributed by atoms with van der Waals surface area (Å²) in [4.78, 5) is 20.8. The van der Waals surface area contributed by atoms with E-state index >= 15 is 0 Å². The van der Waals surface area contributed by atoms with E-state index in [9.17, 15) is 4.79 Å². The van der Waals surface area contributed by atoms with Crippen LogP contribution in [0.5, 0.6) is 0 Å². The van der Waals surface area contributed by atoms with Crippen LogP contribution in [0.15, 0.2) is 28.1 Å². The molecule has 0 aliphatic heterocycles. The average molecular weight is 312 g/mol. The number of carboxylic acid groups (broad SMARTS) is 1. The highest BCUT2D eigenvalue weighted by Crippen LogP contribution is 2.42. The maximum atomic E-state index is 11.0. The van der Waals surface area contributed by atoms with Crippen LogP contribution < -0.4 is 0 Å². The van der Waals surface area contributed by atoms with Gasteiger partial charge in [0.05, 0.1) is 21.6 Å². The Morgan fingerprint density at radius 1 is 1.36 bits per heavy atom. The van der Waals surface area contributed by atoms with E-state index in [4.69, 9.17) is 9.52 Å². The van der Waals surface area contributed by atoms with Gasteiger partial charge < -0.3 is 9.52 Å². The van der Waals surface area contributed by atoms with Crippen molar-refractivity contribution in [2.24, 2.45) is 0 Å². The van der Waals surface area contributed by atoms with Gasteiger partial charge in [0, 0.05) is 12.0 Å². The molecule has 0 atom stereocenters. The molecule has 6 heteroatoms. The second-order valence-corrected chi connectivity index (χ2v) is 6.14. The Labute approximate surface area is 129 Å². The first kappa shape index (κ1) is 13.2. The topological polar surface area (TPSA) is 76.2 Å². The van der Waals surface area contributed by atoms with Gasteiger partial charge in [-0.25, -0.2) is 14.8 Å². The lowest BCUT2D eigenvalue weighted by molar-refractivity contribution is 0.0697. The second kappa shape index (κ2) is 5.06.